The standard InChI is InChI=1S/C14H17N3OS/c1-4-15-13-9-14(17-10(2)16-13)18-11-5-7-12(19-3)8-6-11/h5-9H,4H2,1-3H3,(H,15,16,17). The first-order valence-corrected chi connectivity index (χ1v) is 7.35. The van der Waals surface area contributed by atoms with Crippen LogP contribution >= 0.6 is 11.8 Å². The summed E-state index contributed by atoms with van der Waals surface area (Å²) < 4.78 is 5.75. The van der Waals surface area contributed by atoms with E-state index in [1.807, 2.05) is 44.4 Å². The SMILES string of the molecule is CCNc1cc(Oc2ccc(SC)cc2)nc(C)n1. The highest BCUT2D eigenvalue weighted by atomic mass is 32.2. The van der Waals surface area contributed by atoms with Crippen molar-refractivity contribution in [3.8, 4) is 11.6 Å². The number of thioether (sulfide) groups is 1. The lowest BCUT2D eigenvalue weighted by Crippen LogP contribution is -2.02. The molecule has 0 spiro atoms. The van der Waals surface area contributed by atoms with Crippen LogP contribution in [0.1, 0.15) is 12.7 Å². The highest BCUT2D eigenvalue weighted by Crippen LogP contribution is 2.24. The largest absolute Gasteiger partial charge is 0.439 e. The number of benzene rings is 1. The summed E-state index contributed by atoms with van der Waals surface area (Å²) in [7, 11) is 0. The molecule has 0 aliphatic carbocycles. The molecule has 1 N–H and O–H groups in total. The zero-order chi connectivity index (χ0) is 13.7. The molecule has 0 saturated carbocycles. The molecule has 0 radical (unpaired) electrons. The van der Waals surface area contributed by atoms with Crippen molar-refractivity contribution in [3.63, 3.8) is 0 Å². The van der Waals surface area contributed by atoms with Crippen LogP contribution in [0.5, 0.6) is 11.6 Å². The van der Waals surface area contributed by atoms with Gasteiger partial charge in [0.25, 0.3) is 0 Å². The maximum Gasteiger partial charge on any atom is 0.224 e. The number of rotatable bonds is 5. The van der Waals surface area contributed by atoms with Crippen molar-refractivity contribution >= 4 is 17.6 Å². The first-order valence-electron chi connectivity index (χ1n) is 6.12. The van der Waals surface area contributed by atoms with Crippen LogP contribution in [0.15, 0.2) is 35.2 Å². The molecule has 0 saturated heterocycles. The topological polar surface area (TPSA) is 47.0 Å². The van der Waals surface area contributed by atoms with Gasteiger partial charge in [-0.15, -0.1) is 11.8 Å². The predicted octanol–water partition coefficient (Wildman–Crippen LogP) is 3.73. The second-order valence-electron chi connectivity index (χ2n) is 3.95. The van der Waals surface area contributed by atoms with E-state index in [0.717, 1.165) is 18.1 Å². The van der Waals surface area contributed by atoms with E-state index in [2.05, 4.69) is 15.3 Å². The second-order valence-corrected chi connectivity index (χ2v) is 4.83. The average Bonchev–Trinajstić information content (AvgIpc) is 2.39. The summed E-state index contributed by atoms with van der Waals surface area (Å²) in [5.74, 6) is 2.80. The van der Waals surface area contributed by atoms with Gasteiger partial charge in [-0.25, -0.2) is 4.98 Å². The van der Waals surface area contributed by atoms with Gasteiger partial charge in [-0.2, -0.15) is 4.98 Å². The molecule has 0 atom stereocenters. The van der Waals surface area contributed by atoms with E-state index in [1.165, 1.54) is 4.90 Å². The van der Waals surface area contributed by atoms with E-state index in [4.69, 9.17) is 4.74 Å². The van der Waals surface area contributed by atoms with E-state index in [9.17, 15) is 0 Å². The van der Waals surface area contributed by atoms with Crippen molar-refractivity contribution < 1.29 is 4.74 Å². The Hall–Kier alpha value is -1.75. The van der Waals surface area contributed by atoms with Crippen LogP contribution in [0.25, 0.3) is 0 Å². The maximum absolute atomic E-state index is 5.75. The number of ether oxygens (including phenoxy) is 1. The van der Waals surface area contributed by atoms with Crippen LogP contribution in [0.4, 0.5) is 5.82 Å². The van der Waals surface area contributed by atoms with Gasteiger partial charge in [0.05, 0.1) is 0 Å². The summed E-state index contributed by atoms with van der Waals surface area (Å²) in [6, 6.07) is 9.74. The molecule has 1 heterocycles. The Morgan fingerprint density at radius 2 is 1.95 bits per heavy atom. The first kappa shape index (κ1) is 13.7. The summed E-state index contributed by atoms with van der Waals surface area (Å²) in [4.78, 5) is 9.77. The van der Waals surface area contributed by atoms with Crippen molar-refractivity contribution in [2.45, 2.75) is 18.7 Å². The molecular weight excluding hydrogens is 258 g/mol. The lowest BCUT2D eigenvalue weighted by atomic mass is 10.3. The predicted molar refractivity (Wildman–Crippen MR) is 79.2 cm³/mol. The second kappa shape index (κ2) is 6.43. The van der Waals surface area contributed by atoms with E-state index < -0.39 is 0 Å². The highest BCUT2D eigenvalue weighted by molar-refractivity contribution is 7.98. The van der Waals surface area contributed by atoms with Gasteiger partial charge in [0.15, 0.2) is 0 Å². The summed E-state index contributed by atoms with van der Waals surface area (Å²) in [6.45, 7) is 4.70. The fourth-order valence-electron chi connectivity index (χ4n) is 1.63. The maximum atomic E-state index is 5.75. The lowest BCUT2D eigenvalue weighted by molar-refractivity contribution is 0.460. The van der Waals surface area contributed by atoms with Gasteiger partial charge in [0, 0.05) is 17.5 Å². The molecule has 19 heavy (non-hydrogen) atoms. The molecular formula is C14H17N3OS. The zero-order valence-corrected chi connectivity index (χ0v) is 12.1. The van der Waals surface area contributed by atoms with Crippen molar-refractivity contribution in [3.05, 3.63) is 36.2 Å². The Labute approximate surface area is 117 Å². The van der Waals surface area contributed by atoms with Crippen LogP contribution in [0.3, 0.4) is 0 Å². The van der Waals surface area contributed by atoms with Gasteiger partial charge in [-0.05, 0) is 44.4 Å². The third kappa shape index (κ3) is 3.86. The smallest absolute Gasteiger partial charge is 0.224 e. The molecule has 0 aliphatic rings. The molecule has 2 rings (SSSR count). The minimum absolute atomic E-state index is 0.556. The monoisotopic (exact) mass is 275 g/mol. The van der Waals surface area contributed by atoms with Crippen LogP contribution < -0.4 is 10.1 Å². The van der Waals surface area contributed by atoms with E-state index >= 15 is 0 Å². The first-order chi connectivity index (χ1) is 9.21. The van der Waals surface area contributed by atoms with Crippen LogP contribution in [0.2, 0.25) is 0 Å². The molecule has 4 nitrogen and oxygen atoms in total. The fraction of sp³-hybridized carbons (Fsp3) is 0.286. The van der Waals surface area contributed by atoms with Gasteiger partial charge in [0.1, 0.15) is 17.4 Å². The lowest BCUT2D eigenvalue weighted by Gasteiger charge is -2.08. The summed E-state index contributed by atoms with van der Waals surface area (Å²) in [5.41, 5.74) is 0. The molecule has 0 fully saturated rings. The number of hydrogen-bond acceptors (Lipinski definition) is 5. The van der Waals surface area contributed by atoms with Gasteiger partial charge >= 0.3 is 0 Å². The molecule has 5 heteroatoms. The van der Waals surface area contributed by atoms with Crippen molar-refractivity contribution in [2.24, 2.45) is 0 Å². The van der Waals surface area contributed by atoms with Gasteiger partial charge in [-0.3, -0.25) is 0 Å². The Bertz CT molecular complexity index is 543. The Morgan fingerprint density at radius 1 is 1.21 bits per heavy atom. The van der Waals surface area contributed by atoms with Crippen molar-refractivity contribution in [2.75, 3.05) is 18.1 Å². The Balaban J connectivity index is 2.17. The molecule has 0 aliphatic heterocycles. The number of aryl methyl sites for hydroxylation is 1. The Kier molecular flexibility index (Phi) is 4.63. The average molecular weight is 275 g/mol. The van der Waals surface area contributed by atoms with Crippen molar-refractivity contribution in [1.29, 1.82) is 0 Å². The molecule has 2 aromatic rings. The highest BCUT2D eigenvalue weighted by Gasteiger charge is 2.04. The quantitative estimate of drug-likeness (QED) is 0.842. The molecule has 0 bridgehead atoms. The van der Waals surface area contributed by atoms with Gasteiger partial charge in [0.2, 0.25) is 5.88 Å². The van der Waals surface area contributed by atoms with E-state index in [0.29, 0.717) is 11.7 Å². The van der Waals surface area contributed by atoms with Gasteiger partial charge in [-0.1, -0.05) is 0 Å². The molecule has 0 unspecified atom stereocenters. The normalized spacial score (nSPS) is 10.3. The Morgan fingerprint density at radius 3 is 2.58 bits per heavy atom. The number of nitrogens with one attached hydrogen (secondary N) is 1. The van der Waals surface area contributed by atoms with E-state index in [1.54, 1.807) is 17.8 Å². The van der Waals surface area contributed by atoms with Crippen LogP contribution in [-0.2, 0) is 0 Å². The number of anilines is 1. The minimum atomic E-state index is 0.556. The van der Waals surface area contributed by atoms with Crippen LogP contribution in [0, 0.1) is 6.92 Å². The molecule has 0 amide bonds. The van der Waals surface area contributed by atoms with Crippen molar-refractivity contribution in [1.82, 2.24) is 9.97 Å². The molecule has 1 aromatic carbocycles. The summed E-state index contributed by atoms with van der Waals surface area (Å²) in [6.07, 6.45) is 2.05. The summed E-state index contributed by atoms with van der Waals surface area (Å²) >= 11 is 1.70. The third-order valence-electron chi connectivity index (χ3n) is 2.45. The van der Waals surface area contributed by atoms with E-state index in [-0.39, 0.29) is 0 Å². The fourth-order valence-corrected chi connectivity index (χ4v) is 2.04. The molecule has 1 aromatic heterocycles. The number of aromatic nitrogens is 2. The van der Waals surface area contributed by atoms with Gasteiger partial charge < -0.3 is 10.1 Å². The summed E-state index contributed by atoms with van der Waals surface area (Å²) in [5, 5.41) is 3.16. The minimum Gasteiger partial charge on any atom is -0.439 e. The number of hydrogen-bond donors (Lipinski definition) is 1. The number of nitrogens with zero attached hydrogens (tertiary/aromatic N) is 2. The third-order valence-corrected chi connectivity index (χ3v) is 3.20. The van der Waals surface area contributed by atoms with Crippen LogP contribution in [-0.4, -0.2) is 22.8 Å². The molecule has 100 valence electrons. The zero-order valence-electron chi connectivity index (χ0n) is 11.3.